The molecule has 1 saturated heterocycles. The second-order valence-electron chi connectivity index (χ2n) is 4.33. The van der Waals surface area contributed by atoms with Gasteiger partial charge in [-0.2, -0.15) is 11.8 Å². The van der Waals surface area contributed by atoms with Crippen LogP contribution in [0, 0.1) is 5.92 Å². The molecule has 0 bridgehead atoms. The molecule has 0 aliphatic carbocycles. The minimum absolute atomic E-state index is 0.0107. The highest BCUT2D eigenvalue weighted by Gasteiger charge is 2.29. The third-order valence-electron chi connectivity index (χ3n) is 2.98. The normalized spacial score (nSPS) is 28.8. The zero-order chi connectivity index (χ0) is 12.1. The van der Waals surface area contributed by atoms with E-state index < -0.39 is 0 Å². The van der Waals surface area contributed by atoms with E-state index in [2.05, 4.69) is 5.32 Å². The van der Waals surface area contributed by atoms with Crippen molar-refractivity contribution in [2.24, 2.45) is 5.92 Å². The molecule has 16 heavy (non-hydrogen) atoms. The summed E-state index contributed by atoms with van der Waals surface area (Å²) >= 11 is 1.57. The Morgan fingerprint density at radius 2 is 2.38 bits per heavy atom. The van der Waals surface area contributed by atoms with Crippen LogP contribution in [-0.2, 0) is 9.53 Å². The van der Waals surface area contributed by atoms with Gasteiger partial charge in [0.2, 0.25) is 5.91 Å². The van der Waals surface area contributed by atoms with E-state index in [1.807, 2.05) is 20.1 Å². The van der Waals surface area contributed by atoms with E-state index in [-0.39, 0.29) is 35.8 Å². The van der Waals surface area contributed by atoms with Crippen LogP contribution >= 0.6 is 11.8 Å². The highest BCUT2D eigenvalue weighted by molar-refractivity contribution is 7.99. The number of nitrogens with one attached hydrogen (secondary N) is 1. The Hall–Kier alpha value is -0.260. The third-order valence-corrected chi connectivity index (χ3v) is 4.14. The molecular formula is C11H21NO3S. The van der Waals surface area contributed by atoms with E-state index in [0.717, 1.165) is 6.42 Å². The van der Waals surface area contributed by atoms with Crippen molar-refractivity contribution in [1.82, 2.24) is 5.32 Å². The van der Waals surface area contributed by atoms with Crippen molar-refractivity contribution >= 4 is 17.7 Å². The summed E-state index contributed by atoms with van der Waals surface area (Å²) in [4.78, 5) is 11.9. The van der Waals surface area contributed by atoms with Crippen molar-refractivity contribution in [2.75, 3.05) is 19.5 Å². The maximum Gasteiger partial charge on any atom is 0.225 e. The molecule has 1 aliphatic heterocycles. The molecule has 1 fully saturated rings. The minimum atomic E-state index is -0.0290. The number of ether oxygens (including phenoxy) is 1. The van der Waals surface area contributed by atoms with Crippen LogP contribution in [0.5, 0.6) is 0 Å². The van der Waals surface area contributed by atoms with E-state index in [0.29, 0.717) is 6.61 Å². The van der Waals surface area contributed by atoms with E-state index in [9.17, 15) is 4.79 Å². The van der Waals surface area contributed by atoms with Gasteiger partial charge < -0.3 is 15.2 Å². The molecule has 0 spiro atoms. The molecule has 1 aliphatic rings. The molecule has 94 valence electrons. The summed E-state index contributed by atoms with van der Waals surface area (Å²) < 4.78 is 5.37. The Morgan fingerprint density at radius 1 is 1.69 bits per heavy atom. The summed E-state index contributed by atoms with van der Waals surface area (Å²) in [5, 5.41) is 12.1. The highest BCUT2D eigenvalue weighted by Crippen LogP contribution is 2.20. The molecule has 0 aromatic rings. The Kier molecular flexibility index (Phi) is 5.58. The lowest BCUT2D eigenvalue weighted by molar-refractivity contribution is -0.125. The molecule has 0 aromatic carbocycles. The van der Waals surface area contributed by atoms with Crippen molar-refractivity contribution in [2.45, 2.75) is 37.7 Å². The molecule has 4 unspecified atom stereocenters. The van der Waals surface area contributed by atoms with Gasteiger partial charge in [-0.25, -0.2) is 0 Å². The van der Waals surface area contributed by atoms with Crippen LogP contribution in [0.4, 0.5) is 0 Å². The number of amides is 1. The van der Waals surface area contributed by atoms with Gasteiger partial charge in [0, 0.05) is 11.3 Å². The van der Waals surface area contributed by atoms with Crippen molar-refractivity contribution in [1.29, 1.82) is 0 Å². The van der Waals surface area contributed by atoms with Crippen molar-refractivity contribution in [3.63, 3.8) is 0 Å². The van der Waals surface area contributed by atoms with Gasteiger partial charge in [0.25, 0.3) is 0 Å². The van der Waals surface area contributed by atoms with E-state index >= 15 is 0 Å². The fourth-order valence-corrected chi connectivity index (χ4v) is 2.50. The molecule has 4 nitrogen and oxygen atoms in total. The molecule has 0 radical (unpaired) electrons. The van der Waals surface area contributed by atoms with Crippen molar-refractivity contribution < 1.29 is 14.6 Å². The number of aliphatic hydroxyl groups is 1. The van der Waals surface area contributed by atoms with Crippen molar-refractivity contribution in [3.05, 3.63) is 0 Å². The SMILES string of the molecule is CSC(CO)C(C)NC(=O)C1COC(C)C1. The number of carbonyl (C=O) groups is 1. The summed E-state index contributed by atoms with van der Waals surface area (Å²) in [6, 6.07) is -0.0107. The van der Waals surface area contributed by atoms with Gasteiger partial charge in [-0.3, -0.25) is 4.79 Å². The average molecular weight is 247 g/mol. The van der Waals surface area contributed by atoms with Gasteiger partial charge in [0.1, 0.15) is 0 Å². The van der Waals surface area contributed by atoms with Crippen LogP contribution in [0.2, 0.25) is 0 Å². The summed E-state index contributed by atoms with van der Waals surface area (Å²) in [5.41, 5.74) is 0. The van der Waals surface area contributed by atoms with E-state index in [1.165, 1.54) is 0 Å². The standard InChI is InChI=1S/C11H21NO3S/c1-7-4-9(6-15-7)11(14)12-8(2)10(5-13)16-3/h7-10,13H,4-6H2,1-3H3,(H,12,14). The first kappa shape index (κ1) is 13.8. The van der Waals surface area contributed by atoms with Gasteiger partial charge in [-0.15, -0.1) is 0 Å². The number of hydrogen-bond acceptors (Lipinski definition) is 4. The zero-order valence-electron chi connectivity index (χ0n) is 10.1. The Balaban J connectivity index is 2.38. The average Bonchev–Trinajstić information content (AvgIpc) is 2.66. The predicted octanol–water partition coefficient (Wildman–Crippen LogP) is 0.640. The highest BCUT2D eigenvalue weighted by atomic mass is 32.2. The van der Waals surface area contributed by atoms with Gasteiger partial charge in [-0.05, 0) is 26.5 Å². The van der Waals surface area contributed by atoms with Gasteiger partial charge in [0.15, 0.2) is 0 Å². The fraction of sp³-hybridized carbons (Fsp3) is 0.909. The molecule has 2 N–H and O–H groups in total. The third kappa shape index (κ3) is 3.64. The van der Waals surface area contributed by atoms with Crippen molar-refractivity contribution in [3.8, 4) is 0 Å². The topological polar surface area (TPSA) is 58.6 Å². The van der Waals surface area contributed by atoms with Gasteiger partial charge in [-0.1, -0.05) is 0 Å². The van der Waals surface area contributed by atoms with Crippen LogP contribution < -0.4 is 5.32 Å². The van der Waals surface area contributed by atoms with Gasteiger partial charge >= 0.3 is 0 Å². The maximum atomic E-state index is 11.9. The van der Waals surface area contributed by atoms with Crippen LogP contribution in [0.1, 0.15) is 20.3 Å². The summed E-state index contributed by atoms with van der Waals surface area (Å²) in [6.45, 7) is 4.51. The van der Waals surface area contributed by atoms with Crippen LogP contribution in [0.15, 0.2) is 0 Å². The maximum absolute atomic E-state index is 11.9. The van der Waals surface area contributed by atoms with Crippen LogP contribution in [0.3, 0.4) is 0 Å². The van der Waals surface area contributed by atoms with Crippen LogP contribution in [-0.4, -0.2) is 47.9 Å². The Labute approximate surface area is 101 Å². The minimum Gasteiger partial charge on any atom is -0.395 e. The molecule has 1 rings (SSSR count). The number of hydrogen-bond donors (Lipinski definition) is 2. The fourth-order valence-electron chi connectivity index (χ4n) is 1.87. The largest absolute Gasteiger partial charge is 0.395 e. The number of thioether (sulfide) groups is 1. The molecule has 0 aromatic heterocycles. The lowest BCUT2D eigenvalue weighted by atomic mass is 10.0. The molecule has 0 saturated carbocycles. The zero-order valence-corrected chi connectivity index (χ0v) is 10.9. The quantitative estimate of drug-likeness (QED) is 0.748. The first-order chi connectivity index (χ1) is 7.58. The first-order valence-corrected chi connectivity index (χ1v) is 6.92. The smallest absolute Gasteiger partial charge is 0.225 e. The molecule has 5 heteroatoms. The van der Waals surface area contributed by atoms with Crippen LogP contribution in [0.25, 0.3) is 0 Å². The first-order valence-electron chi connectivity index (χ1n) is 5.64. The Bertz CT molecular complexity index is 233. The molecule has 1 amide bonds. The van der Waals surface area contributed by atoms with E-state index in [4.69, 9.17) is 9.84 Å². The Morgan fingerprint density at radius 3 is 2.81 bits per heavy atom. The second kappa shape index (κ2) is 6.47. The van der Waals surface area contributed by atoms with Gasteiger partial charge in [0.05, 0.1) is 25.2 Å². The molecule has 1 heterocycles. The molecule has 4 atom stereocenters. The molecular weight excluding hydrogens is 226 g/mol. The summed E-state index contributed by atoms with van der Waals surface area (Å²) in [6.07, 6.45) is 2.91. The van der Waals surface area contributed by atoms with E-state index in [1.54, 1.807) is 11.8 Å². The number of aliphatic hydroxyl groups excluding tert-OH is 1. The number of carbonyl (C=O) groups excluding carboxylic acids is 1. The lowest BCUT2D eigenvalue weighted by Gasteiger charge is -2.22. The number of rotatable bonds is 5. The summed E-state index contributed by atoms with van der Waals surface area (Å²) in [5.74, 6) is 0.0167. The predicted molar refractivity (Wildman–Crippen MR) is 65.5 cm³/mol. The second-order valence-corrected chi connectivity index (χ2v) is 5.41. The monoisotopic (exact) mass is 247 g/mol. The summed E-state index contributed by atoms with van der Waals surface area (Å²) in [7, 11) is 0. The lowest BCUT2D eigenvalue weighted by Crippen LogP contribution is -2.44.